The van der Waals surface area contributed by atoms with Crippen molar-refractivity contribution in [1.29, 1.82) is 0 Å². The van der Waals surface area contributed by atoms with Gasteiger partial charge >= 0.3 is 5.69 Å². The van der Waals surface area contributed by atoms with Crippen molar-refractivity contribution in [2.45, 2.75) is 41.5 Å². The van der Waals surface area contributed by atoms with Crippen LogP contribution in [0, 0.1) is 0 Å². The second-order valence-corrected chi connectivity index (χ2v) is 2.28. The van der Waals surface area contributed by atoms with Crippen molar-refractivity contribution in [2.24, 2.45) is 7.05 Å². The molecule has 0 atom stereocenters. The van der Waals surface area contributed by atoms with Gasteiger partial charge in [0.1, 0.15) is 0 Å². The maximum Gasteiger partial charge on any atom is 0.326 e. The number of rotatable bonds is 0. The summed E-state index contributed by atoms with van der Waals surface area (Å²) in [7, 11) is 1.68. The Balaban J connectivity index is 0. The third kappa shape index (κ3) is 4.80. The first-order chi connectivity index (χ1) is 8.29. The van der Waals surface area contributed by atoms with Crippen LogP contribution >= 0.6 is 0 Å². The highest BCUT2D eigenvalue weighted by Gasteiger charge is 2.00. The Bertz CT molecular complexity index is 445. The molecule has 2 aromatic rings. The molecule has 0 radical (unpaired) electrons. The van der Waals surface area contributed by atoms with Gasteiger partial charge in [-0.2, -0.15) is 10.2 Å². The molecule has 2 heterocycles. The molecular formula is C12H24N4O. The number of aryl methyl sites for hydroxylation is 1. The number of aromatic amines is 1. The summed E-state index contributed by atoms with van der Waals surface area (Å²) in [5.74, 6) is 0. The zero-order valence-corrected chi connectivity index (χ0v) is 11.9. The van der Waals surface area contributed by atoms with Gasteiger partial charge in [-0.05, 0) is 0 Å². The highest BCUT2D eigenvalue weighted by molar-refractivity contribution is 5.72. The molecule has 5 nitrogen and oxygen atoms in total. The second kappa shape index (κ2) is 10.9. The summed E-state index contributed by atoms with van der Waals surface area (Å²) < 4.78 is 1.49. The lowest BCUT2D eigenvalue weighted by Gasteiger charge is -1.88. The molecule has 0 amide bonds. The lowest BCUT2D eigenvalue weighted by atomic mass is 10.5. The minimum Gasteiger partial charge on any atom is -0.304 e. The van der Waals surface area contributed by atoms with Crippen LogP contribution in [0.1, 0.15) is 41.5 Å². The van der Waals surface area contributed by atoms with Crippen molar-refractivity contribution in [3.8, 4) is 0 Å². The van der Waals surface area contributed by atoms with E-state index >= 15 is 0 Å². The smallest absolute Gasteiger partial charge is 0.304 e. The molecule has 0 aliphatic carbocycles. The van der Waals surface area contributed by atoms with E-state index in [1.807, 2.05) is 41.5 Å². The Morgan fingerprint density at radius 3 is 1.94 bits per heavy atom. The van der Waals surface area contributed by atoms with E-state index < -0.39 is 0 Å². The zero-order valence-electron chi connectivity index (χ0n) is 11.9. The summed E-state index contributed by atoms with van der Waals surface area (Å²) in [5.41, 5.74) is 1.34. The van der Waals surface area contributed by atoms with E-state index in [0.717, 1.165) is 5.52 Å². The van der Waals surface area contributed by atoms with Crippen LogP contribution in [0.25, 0.3) is 11.0 Å². The number of nitrogens with one attached hydrogen (secondary N) is 1. The number of fused-ring (bicyclic) bond motifs is 1. The van der Waals surface area contributed by atoms with E-state index in [9.17, 15) is 4.79 Å². The number of H-pyrrole nitrogens is 1. The highest BCUT2D eigenvalue weighted by Crippen LogP contribution is 2.02. The third-order valence-corrected chi connectivity index (χ3v) is 1.62. The fourth-order valence-electron chi connectivity index (χ4n) is 0.987. The van der Waals surface area contributed by atoms with Gasteiger partial charge in [0.15, 0.2) is 0 Å². The van der Waals surface area contributed by atoms with Gasteiger partial charge in [0.25, 0.3) is 0 Å². The molecule has 2 aromatic heterocycles. The van der Waals surface area contributed by atoms with Crippen molar-refractivity contribution in [3.63, 3.8) is 0 Å². The summed E-state index contributed by atoms with van der Waals surface area (Å²) in [6.07, 6.45) is 3.07. The van der Waals surface area contributed by atoms with Crippen LogP contribution in [0.2, 0.25) is 0 Å². The number of hydrogen-bond acceptors (Lipinski definition) is 3. The highest BCUT2D eigenvalue weighted by atomic mass is 16.1. The van der Waals surface area contributed by atoms with Gasteiger partial charge < -0.3 is 4.98 Å². The first-order valence-corrected chi connectivity index (χ1v) is 6.14. The van der Waals surface area contributed by atoms with Crippen molar-refractivity contribution >= 4 is 11.0 Å². The Morgan fingerprint density at radius 1 is 1.00 bits per heavy atom. The zero-order chi connectivity index (χ0) is 13.8. The van der Waals surface area contributed by atoms with Crippen molar-refractivity contribution in [1.82, 2.24) is 19.7 Å². The first kappa shape index (κ1) is 17.7. The average Bonchev–Trinajstić information content (AvgIpc) is 2.73. The van der Waals surface area contributed by atoms with Gasteiger partial charge in [0.2, 0.25) is 0 Å². The normalized spacial score (nSPS) is 7.94. The van der Waals surface area contributed by atoms with E-state index in [2.05, 4.69) is 15.2 Å². The molecular weight excluding hydrogens is 216 g/mol. The maximum atomic E-state index is 11.0. The van der Waals surface area contributed by atoms with Crippen LogP contribution < -0.4 is 5.69 Å². The molecule has 0 spiro atoms. The van der Waals surface area contributed by atoms with Gasteiger partial charge in [-0.1, -0.05) is 41.5 Å². The SMILES string of the molecule is CC.CC.CC.Cn1c(=O)[nH]c2cnncc21. The van der Waals surface area contributed by atoms with Crippen molar-refractivity contribution in [3.05, 3.63) is 22.9 Å². The average molecular weight is 240 g/mol. The molecule has 17 heavy (non-hydrogen) atoms. The van der Waals surface area contributed by atoms with E-state index in [1.165, 1.54) is 10.8 Å². The van der Waals surface area contributed by atoms with Crippen LogP contribution in [0.4, 0.5) is 0 Å². The number of imidazole rings is 1. The Labute approximate surface area is 103 Å². The van der Waals surface area contributed by atoms with E-state index in [4.69, 9.17) is 0 Å². The third-order valence-electron chi connectivity index (χ3n) is 1.62. The summed E-state index contributed by atoms with van der Waals surface area (Å²) in [6, 6.07) is 0. The Kier molecular flexibility index (Phi) is 11.3. The van der Waals surface area contributed by atoms with Gasteiger partial charge in [0.05, 0.1) is 23.4 Å². The molecule has 0 aliphatic heterocycles. The minimum atomic E-state index is -0.144. The Hall–Kier alpha value is -1.65. The minimum absolute atomic E-state index is 0.144. The lowest BCUT2D eigenvalue weighted by Crippen LogP contribution is -2.11. The van der Waals surface area contributed by atoms with E-state index in [1.54, 1.807) is 13.2 Å². The first-order valence-electron chi connectivity index (χ1n) is 6.14. The molecule has 98 valence electrons. The van der Waals surface area contributed by atoms with Crippen LogP contribution in [0.15, 0.2) is 17.2 Å². The van der Waals surface area contributed by atoms with Gasteiger partial charge in [-0.25, -0.2) is 4.79 Å². The number of aromatic nitrogens is 4. The van der Waals surface area contributed by atoms with Crippen LogP contribution in [-0.4, -0.2) is 19.7 Å². The second-order valence-electron chi connectivity index (χ2n) is 2.28. The largest absolute Gasteiger partial charge is 0.326 e. The van der Waals surface area contributed by atoms with Crippen LogP contribution in [0.3, 0.4) is 0 Å². The predicted octanol–water partition coefficient (Wildman–Crippen LogP) is 2.74. The standard InChI is InChI=1S/C6H6N4O.3C2H6/c1-10-5-3-8-7-2-4(5)9-6(10)11;3*1-2/h2-3H,1H3,(H,9,11);3*1-2H3. The topological polar surface area (TPSA) is 63.6 Å². The lowest BCUT2D eigenvalue weighted by molar-refractivity contribution is 0.887. The van der Waals surface area contributed by atoms with E-state index in [0.29, 0.717) is 5.52 Å². The molecule has 0 saturated heterocycles. The van der Waals surface area contributed by atoms with Crippen molar-refractivity contribution in [2.75, 3.05) is 0 Å². The Morgan fingerprint density at radius 2 is 1.47 bits per heavy atom. The van der Waals surface area contributed by atoms with Crippen LogP contribution in [0.5, 0.6) is 0 Å². The molecule has 0 bridgehead atoms. The molecule has 2 rings (SSSR count). The predicted molar refractivity (Wildman–Crippen MR) is 73.2 cm³/mol. The fourth-order valence-corrected chi connectivity index (χ4v) is 0.987. The molecule has 5 heteroatoms. The number of hydrogen-bond donors (Lipinski definition) is 1. The molecule has 0 fully saturated rings. The monoisotopic (exact) mass is 240 g/mol. The van der Waals surface area contributed by atoms with Crippen LogP contribution in [-0.2, 0) is 7.05 Å². The quantitative estimate of drug-likeness (QED) is 0.770. The van der Waals surface area contributed by atoms with Crippen molar-refractivity contribution < 1.29 is 0 Å². The summed E-state index contributed by atoms with van der Waals surface area (Å²) in [6.45, 7) is 12.0. The van der Waals surface area contributed by atoms with E-state index in [-0.39, 0.29) is 5.69 Å². The summed E-state index contributed by atoms with van der Waals surface area (Å²) >= 11 is 0. The summed E-state index contributed by atoms with van der Waals surface area (Å²) in [4.78, 5) is 13.6. The molecule has 1 N–H and O–H groups in total. The van der Waals surface area contributed by atoms with Gasteiger partial charge in [0, 0.05) is 7.05 Å². The molecule has 0 unspecified atom stereocenters. The van der Waals surface area contributed by atoms with Gasteiger partial charge in [-0.3, -0.25) is 4.57 Å². The maximum absolute atomic E-state index is 11.0. The molecule has 0 aliphatic rings. The fraction of sp³-hybridized carbons (Fsp3) is 0.583. The number of nitrogens with zero attached hydrogens (tertiary/aromatic N) is 3. The summed E-state index contributed by atoms with van der Waals surface area (Å²) in [5, 5.41) is 7.29. The molecule has 0 saturated carbocycles. The molecule has 0 aromatic carbocycles. The van der Waals surface area contributed by atoms with Gasteiger partial charge in [-0.15, -0.1) is 0 Å².